The third kappa shape index (κ3) is 5.25. The number of terminal acetylenes is 1. The first kappa shape index (κ1) is 23.6. The second-order valence-electron chi connectivity index (χ2n) is 6.86. The molecule has 1 aliphatic rings. The van der Waals surface area contributed by atoms with Crippen molar-refractivity contribution in [2.45, 2.75) is 13.3 Å². The first-order chi connectivity index (χ1) is 15.9. The van der Waals surface area contributed by atoms with Crippen LogP contribution in [0.3, 0.4) is 0 Å². The fourth-order valence-corrected chi connectivity index (χ4v) is 3.39. The number of carbonyl (C=O) groups is 3. The van der Waals surface area contributed by atoms with E-state index < -0.39 is 17.8 Å². The van der Waals surface area contributed by atoms with Crippen LogP contribution in [0.4, 0.5) is 10.5 Å². The van der Waals surface area contributed by atoms with Crippen molar-refractivity contribution in [3.8, 4) is 23.8 Å². The minimum atomic E-state index is -0.843. The molecule has 0 aliphatic carbocycles. The van der Waals surface area contributed by atoms with Crippen molar-refractivity contribution in [3.05, 3.63) is 70.8 Å². The Morgan fingerprint density at radius 2 is 1.91 bits per heavy atom. The number of rotatable bonds is 8. The molecule has 1 saturated heterocycles. The summed E-state index contributed by atoms with van der Waals surface area (Å²) in [4.78, 5) is 38.9. The number of benzene rings is 2. The number of urea groups is 1. The van der Waals surface area contributed by atoms with Crippen LogP contribution in [0.5, 0.6) is 11.5 Å². The summed E-state index contributed by atoms with van der Waals surface area (Å²) in [7, 11) is 0. The zero-order valence-corrected chi connectivity index (χ0v) is 18.6. The summed E-state index contributed by atoms with van der Waals surface area (Å²) in [6, 6.07) is 8.65. The molecule has 1 aliphatic heterocycles. The molecule has 7 nitrogen and oxygen atoms in total. The summed E-state index contributed by atoms with van der Waals surface area (Å²) in [5.74, 6) is 1.73. The van der Waals surface area contributed by atoms with Crippen molar-refractivity contribution in [2.75, 3.05) is 18.1 Å². The van der Waals surface area contributed by atoms with Gasteiger partial charge in [0.25, 0.3) is 11.8 Å². The maximum atomic E-state index is 13.1. The van der Waals surface area contributed by atoms with Gasteiger partial charge < -0.3 is 9.47 Å². The highest BCUT2D eigenvalue weighted by Gasteiger charge is 2.36. The lowest BCUT2D eigenvalue weighted by molar-refractivity contribution is -0.122. The molecule has 0 aromatic heterocycles. The molecule has 8 heteroatoms. The maximum absolute atomic E-state index is 13.1. The molecule has 0 radical (unpaired) electrons. The van der Waals surface area contributed by atoms with Crippen LogP contribution in [0.15, 0.2) is 54.6 Å². The van der Waals surface area contributed by atoms with Crippen LogP contribution >= 0.6 is 11.6 Å². The van der Waals surface area contributed by atoms with Crippen LogP contribution in [0, 0.1) is 12.3 Å². The lowest BCUT2D eigenvalue weighted by atomic mass is 10.0. The van der Waals surface area contributed by atoms with Gasteiger partial charge in [0, 0.05) is 10.6 Å². The quantitative estimate of drug-likeness (QED) is 0.274. The first-order valence-electron chi connectivity index (χ1n) is 10.0. The Labute approximate surface area is 196 Å². The highest BCUT2D eigenvalue weighted by Crippen LogP contribution is 2.35. The zero-order chi connectivity index (χ0) is 24.0. The van der Waals surface area contributed by atoms with Crippen molar-refractivity contribution in [1.82, 2.24) is 5.32 Å². The molecule has 4 amide bonds. The monoisotopic (exact) mass is 464 g/mol. The number of ether oxygens (including phenoxy) is 2. The van der Waals surface area contributed by atoms with E-state index in [2.05, 4.69) is 17.8 Å². The molecule has 1 heterocycles. The summed E-state index contributed by atoms with van der Waals surface area (Å²) < 4.78 is 11.4. The van der Waals surface area contributed by atoms with Crippen molar-refractivity contribution in [1.29, 1.82) is 0 Å². The van der Waals surface area contributed by atoms with Gasteiger partial charge in [0.15, 0.2) is 11.5 Å². The summed E-state index contributed by atoms with van der Waals surface area (Å²) in [6.45, 7) is 5.98. The van der Waals surface area contributed by atoms with Crippen LogP contribution < -0.4 is 19.7 Å². The van der Waals surface area contributed by atoms with E-state index in [4.69, 9.17) is 27.5 Å². The largest absolute Gasteiger partial charge is 0.490 e. The Kier molecular flexibility index (Phi) is 7.54. The van der Waals surface area contributed by atoms with Gasteiger partial charge in [0.05, 0.1) is 12.3 Å². The fraction of sp³-hybridized carbons (Fsp3) is 0.160. The van der Waals surface area contributed by atoms with Gasteiger partial charge in [-0.05, 0) is 61.4 Å². The fourth-order valence-electron chi connectivity index (χ4n) is 3.26. The smallest absolute Gasteiger partial charge is 0.335 e. The Hall–Kier alpha value is -4.02. The van der Waals surface area contributed by atoms with E-state index in [9.17, 15) is 14.4 Å². The molecule has 3 rings (SSSR count). The van der Waals surface area contributed by atoms with E-state index in [1.54, 1.807) is 30.3 Å². The first-order valence-corrected chi connectivity index (χ1v) is 10.4. The Bertz CT molecular complexity index is 1180. The normalized spacial score (nSPS) is 14.6. The number of halogens is 1. The predicted molar refractivity (Wildman–Crippen MR) is 126 cm³/mol. The third-order valence-corrected chi connectivity index (χ3v) is 4.87. The SMILES string of the molecule is C#CCOc1c(CC=C)cc(/C=C2\C(=O)NC(=O)N(c3ccc(Cl)cc3)C2=O)cc1OCC. The molecule has 2 aromatic carbocycles. The number of imide groups is 2. The number of anilines is 1. The van der Waals surface area contributed by atoms with Gasteiger partial charge in [0.1, 0.15) is 12.2 Å². The molecule has 2 aromatic rings. The standard InChI is InChI=1S/C25H21ClN2O5/c1-4-7-17-13-16(15-21(32-6-3)22(17)33-12-5-2)14-20-23(29)27-25(31)28(24(20)30)19-10-8-18(26)9-11-19/h2,4,8-11,13-15H,1,6-7,12H2,3H3,(H,27,29,31)/b20-14+. The highest BCUT2D eigenvalue weighted by atomic mass is 35.5. The Balaban J connectivity index is 2.07. The number of barbiturate groups is 1. The average molecular weight is 465 g/mol. The molecule has 33 heavy (non-hydrogen) atoms. The number of nitrogens with one attached hydrogen (secondary N) is 1. The van der Waals surface area contributed by atoms with Gasteiger partial charge in [-0.2, -0.15) is 0 Å². The van der Waals surface area contributed by atoms with E-state index in [0.29, 0.717) is 40.7 Å². The summed E-state index contributed by atoms with van der Waals surface area (Å²) in [5.41, 5.74) is 1.29. The van der Waals surface area contributed by atoms with Crippen LogP contribution in [0.2, 0.25) is 5.02 Å². The van der Waals surface area contributed by atoms with E-state index in [0.717, 1.165) is 4.90 Å². The summed E-state index contributed by atoms with van der Waals surface area (Å²) in [5, 5.41) is 2.64. The van der Waals surface area contributed by atoms with Crippen LogP contribution in [-0.4, -0.2) is 31.1 Å². The van der Waals surface area contributed by atoms with Crippen LogP contribution in [-0.2, 0) is 16.0 Å². The molecule has 0 unspecified atom stereocenters. The molecular formula is C25H21ClN2O5. The Morgan fingerprint density at radius 1 is 1.18 bits per heavy atom. The average Bonchev–Trinajstić information content (AvgIpc) is 2.78. The van der Waals surface area contributed by atoms with Crippen molar-refractivity contribution >= 4 is 41.2 Å². The molecule has 1 N–H and O–H groups in total. The van der Waals surface area contributed by atoms with Gasteiger partial charge >= 0.3 is 6.03 Å². The van der Waals surface area contributed by atoms with Crippen molar-refractivity contribution in [2.24, 2.45) is 0 Å². The molecule has 1 fully saturated rings. The predicted octanol–water partition coefficient (Wildman–Crippen LogP) is 4.15. The highest BCUT2D eigenvalue weighted by molar-refractivity contribution is 6.39. The number of carbonyl (C=O) groups excluding carboxylic acids is 3. The van der Waals surface area contributed by atoms with Gasteiger partial charge in [-0.3, -0.25) is 14.9 Å². The lowest BCUT2D eigenvalue weighted by Gasteiger charge is -2.26. The topological polar surface area (TPSA) is 84.9 Å². The van der Waals surface area contributed by atoms with Gasteiger partial charge in [-0.25, -0.2) is 9.69 Å². The van der Waals surface area contributed by atoms with E-state index in [-0.39, 0.29) is 17.9 Å². The number of hydrogen-bond acceptors (Lipinski definition) is 5. The maximum Gasteiger partial charge on any atom is 0.335 e. The molecule has 0 saturated carbocycles. The van der Waals surface area contributed by atoms with Gasteiger partial charge in [-0.15, -0.1) is 13.0 Å². The lowest BCUT2D eigenvalue weighted by Crippen LogP contribution is -2.54. The van der Waals surface area contributed by atoms with Crippen molar-refractivity contribution < 1.29 is 23.9 Å². The summed E-state index contributed by atoms with van der Waals surface area (Å²) >= 11 is 5.90. The van der Waals surface area contributed by atoms with E-state index in [1.807, 2.05) is 6.92 Å². The van der Waals surface area contributed by atoms with Crippen LogP contribution in [0.25, 0.3) is 6.08 Å². The minimum Gasteiger partial charge on any atom is -0.490 e. The van der Waals surface area contributed by atoms with Crippen LogP contribution in [0.1, 0.15) is 18.1 Å². The molecular weight excluding hydrogens is 444 g/mol. The molecule has 0 spiro atoms. The number of hydrogen-bond donors (Lipinski definition) is 1. The minimum absolute atomic E-state index is 0.0453. The van der Waals surface area contributed by atoms with Gasteiger partial charge in [-0.1, -0.05) is 23.6 Å². The zero-order valence-electron chi connectivity index (χ0n) is 17.9. The molecule has 0 bridgehead atoms. The molecule has 168 valence electrons. The Morgan fingerprint density at radius 3 is 2.55 bits per heavy atom. The molecule has 0 atom stereocenters. The number of nitrogens with zero attached hydrogens (tertiary/aromatic N) is 1. The van der Waals surface area contributed by atoms with E-state index >= 15 is 0 Å². The number of amides is 4. The number of allylic oxidation sites excluding steroid dienone is 1. The van der Waals surface area contributed by atoms with Crippen molar-refractivity contribution in [3.63, 3.8) is 0 Å². The van der Waals surface area contributed by atoms with Gasteiger partial charge in [0.2, 0.25) is 0 Å². The summed E-state index contributed by atoms with van der Waals surface area (Å²) in [6.07, 6.45) is 8.84. The third-order valence-electron chi connectivity index (χ3n) is 4.62. The van der Waals surface area contributed by atoms with E-state index in [1.165, 1.54) is 18.2 Å². The second kappa shape index (κ2) is 10.5. The second-order valence-corrected chi connectivity index (χ2v) is 7.30.